The van der Waals surface area contributed by atoms with Crippen molar-refractivity contribution in [1.29, 1.82) is 0 Å². The lowest BCUT2D eigenvalue weighted by atomic mass is 9.83. The first kappa shape index (κ1) is 19.6. The molecule has 1 aliphatic carbocycles. The van der Waals surface area contributed by atoms with E-state index in [-0.39, 0.29) is 11.9 Å². The first-order chi connectivity index (χ1) is 13.0. The molecule has 5 nitrogen and oxygen atoms in total. The molecule has 1 N–H and O–H groups in total. The van der Waals surface area contributed by atoms with Gasteiger partial charge < -0.3 is 9.84 Å². The summed E-state index contributed by atoms with van der Waals surface area (Å²) in [5.41, 5.74) is 2.62. The number of benzene rings is 1. The summed E-state index contributed by atoms with van der Waals surface area (Å²) in [6, 6.07) is 8.91. The molecule has 1 atom stereocenters. The normalized spacial score (nSPS) is 16.4. The number of hydrogen-bond acceptors (Lipinski definition) is 4. The average Bonchev–Trinajstić information content (AvgIpc) is 3.10. The quantitative estimate of drug-likeness (QED) is 0.756. The van der Waals surface area contributed by atoms with Crippen LogP contribution in [0, 0.1) is 12.8 Å². The van der Waals surface area contributed by atoms with Gasteiger partial charge >= 0.3 is 0 Å². The zero-order chi connectivity index (χ0) is 19.2. The van der Waals surface area contributed by atoms with Crippen LogP contribution in [0.1, 0.15) is 87.2 Å². The van der Waals surface area contributed by atoms with E-state index >= 15 is 0 Å². The minimum absolute atomic E-state index is 0.0147. The Bertz CT molecular complexity index is 730. The van der Waals surface area contributed by atoms with Crippen molar-refractivity contribution in [3.63, 3.8) is 0 Å². The highest BCUT2D eigenvalue weighted by atomic mass is 16.5. The SMILES string of the molecule is Cc1noc(CCC(=O)NC(c2ccc(C3CCCCC3)cc2)C(C)C)n1. The molecule has 1 unspecified atom stereocenters. The van der Waals surface area contributed by atoms with Crippen LogP contribution in [0.3, 0.4) is 0 Å². The summed E-state index contributed by atoms with van der Waals surface area (Å²) in [6.07, 6.45) is 7.49. The predicted molar refractivity (Wildman–Crippen MR) is 105 cm³/mol. The van der Waals surface area contributed by atoms with Crippen molar-refractivity contribution in [2.45, 2.75) is 77.7 Å². The molecule has 27 heavy (non-hydrogen) atoms. The summed E-state index contributed by atoms with van der Waals surface area (Å²) < 4.78 is 5.08. The molecule has 0 radical (unpaired) electrons. The van der Waals surface area contributed by atoms with Gasteiger partial charge in [0.1, 0.15) is 0 Å². The van der Waals surface area contributed by atoms with E-state index in [2.05, 4.69) is 53.6 Å². The lowest BCUT2D eigenvalue weighted by Crippen LogP contribution is -2.32. The summed E-state index contributed by atoms with van der Waals surface area (Å²) in [5, 5.41) is 6.94. The first-order valence-corrected chi connectivity index (χ1v) is 10.2. The number of carbonyl (C=O) groups is 1. The van der Waals surface area contributed by atoms with Crippen LogP contribution in [-0.2, 0) is 11.2 Å². The van der Waals surface area contributed by atoms with Crippen molar-refractivity contribution in [3.05, 3.63) is 47.1 Å². The third-order valence-electron chi connectivity index (χ3n) is 5.49. The molecule has 1 amide bonds. The van der Waals surface area contributed by atoms with Gasteiger partial charge in [0.25, 0.3) is 0 Å². The highest BCUT2D eigenvalue weighted by Crippen LogP contribution is 2.33. The van der Waals surface area contributed by atoms with Crippen LogP contribution in [0.4, 0.5) is 0 Å². The Morgan fingerprint density at radius 3 is 2.48 bits per heavy atom. The van der Waals surface area contributed by atoms with Gasteiger partial charge in [-0.05, 0) is 42.7 Å². The summed E-state index contributed by atoms with van der Waals surface area (Å²) in [4.78, 5) is 16.6. The van der Waals surface area contributed by atoms with Crippen LogP contribution >= 0.6 is 0 Å². The first-order valence-electron chi connectivity index (χ1n) is 10.2. The van der Waals surface area contributed by atoms with E-state index in [1.165, 1.54) is 43.2 Å². The molecule has 0 saturated heterocycles. The Kier molecular flexibility index (Phi) is 6.64. The van der Waals surface area contributed by atoms with Crippen molar-refractivity contribution < 1.29 is 9.32 Å². The van der Waals surface area contributed by atoms with Crippen molar-refractivity contribution >= 4 is 5.91 Å². The van der Waals surface area contributed by atoms with Gasteiger partial charge in [-0.1, -0.05) is 62.5 Å². The highest BCUT2D eigenvalue weighted by Gasteiger charge is 2.20. The van der Waals surface area contributed by atoms with Gasteiger partial charge in [0.15, 0.2) is 5.82 Å². The van der Waals surface area contributed by atoms with Gasteiger partial charge in [0.05, 0.1) is 6.04 Å². The fraction of sp³-hybridized carbons (Fsp3) is 0.591. The fourth-order valence-electron chi connectivity index (χ4n) is 3.95. The molecule has 2 aromatic rings. The van der Waals surface area contributed by atoms with Gasteiger partial charge in [-0.3, -0.25) is 4.79 Å². The maximum atomic E-state index is 12.4. The van der Waals surface area contributed by atoms with Crippen molar-refractivity contribution in [3.8, 4) is 0 Å². The number of hydrogen-bond donors (Lipinski definition) is 1. The molecule has 146 valence electrons. The second-order valence-corrected chi connectivity index (χ2v) is 8.03. The summed E-state index contributed by atoms with van der Waals surface area (Å²) in [5.74, 6) is 2.16. The van der Waals surface area contributed by atoms with Crippen molar-refractivity contribution in [2.24, 2.45) is 5.92 Å². The Labute approximate surface area is 161 Å². The third-order valence-corrected chi connectivity index (χ3v) is 5.49. The molecule has 1 heterocycles. The van der Waals surface area contributed by atoms with E-state index in [1.54, 1.807) is 6.92 Å². The lowest BCUT2D eigenvalue weighted by molar-refractivity contribution is -0.122. The molecule has 3 rings (SSSR count). The lowest BCUT2D eigenvalue weighted by Gasteiger charge is -2.25. The van der Waals surface area contributed by atoms with Crippen LogP contribution in [0.5, 0.6) is 0 Å². The Hall–Kier alpha value is -2.17. The summed E-state index contributed by atoms with van der Waals surface area (Å²) in [6.45, 7) is 6.06. The second kappa shape index (κ2) is 9.16. The van der Waals surface area contributed by atoms with Gasteiger partial charge in [0.2, 0.25) is 11.8 Å². The monoisotopic (exact) mass is 369 g/mol. The molecule has 1 aromatic heterocycles. The second-order valence-electron chi connectivity index (χ2n) is 8.03. The minimum atomic E-state index is 0.0147. The maximum Gasteiger partial charge on any atom is 0.227 e. The van der Waals surface area contributed by atoms with Crippen LogP contribution < -0.4 is 5.32 Å². The van der Waals surface area contributed by atoms with E-state index in [9.17, 15) is 4.79 Å². The molecular formula is C22H31N3O2. The largest absolute Gasteiger partial charge is 0.349 e. The molecule has 0 aliphatic heterocycles. The Balaban J connectivity index is 1.59. The van der Waals surface area contributed by atoms with E-state index in [0.717, 1.165) is 0 Å². The average molecular weight is 370 g/mol. The molecule has 1 aromatic carbocycles. The number of nitrogens with one attached hydrogen (secondary N) is 1. The van der Waals surface area contributed by atoms with Crippen molar-refractivity contribution in [2.75, 3.05) is 0 Å². The molecular weight excluding hydrogens is 338 g/mol. The smallest absolute Gasteiger partial charge is 0.227 e. The molecule has 1 saturated carbocycles. The number of amides is 1. The Morgan fingerprint density at radius 2 is 1.89 bits per heavy atom. The molecule has 5 heteroatoms. The van der Waals surface area contributed by atoms with Gasteiger partial charge in [-0.25, -0.2) is 0 Å². The van der Waals surface area contributed by atoms with Crippen molar-refractivity contribution in [1.82, 2.24) is 15.5 Å². The van der Waals surface area contributed by atoms with Crippen LogP contribution in [0.2, 0.25) is 0 Å². The number of aryl methyl sites for hydroxylation is 2. The molecule has 1 fully saturated rings. The fourth-order valence-corrected chi connectivity index (χ4v) is 3.95. The minimum Gasteiger partial charge on any atom is -0.349 e. The number of carbonyl (C=O) groups excluding carboxylic acids is 1. The Morgan fingerprint density at radius 1 is 1.19 bits per heavy atom. The highest BCUT2D eigenvalue weighted by molar-refractivity contribution is 5.76. The number of nitrogens with zero attached hydrogens (tertiary/aromatic N) is 2. The number of rotatable bonds is 7. The standard InChI is InChI=1S/C22H31N3O2/c1-15(2)22(24-20(26)13-14-21-23-16(3)25-27-21)19-11-9-18(10-12-19)17-7-5-4-6-8-17/h9-12,15,17,22H,4-8,13-14H2,1-3H3,(H,24,26). The summed E-state index contributed by atoms with van der Waals surface area (Å²) >= 11 is 0. The summed E-state index contributed by atoms with van der Waals surface area (Å²) in [7, 11) is 0. The maximum absolute atomic E-state index is 12.4. The zero-order valence-electron chi connectivity index (χ0n) is 16.7. The van der Waals surface area contributed by atoms with E-state index in [1.807, 2.05) is 0 Å². The zero-order valence-corrected chi connectivity index (χ0v) is 16.7. The van der Waals surface area contributed by atoms with E-state index in [4.69, 9.17) is 4.52 Å². The van der Waals surface area contributed by atoms with Gasteiger partial charge in [-0.15, -0.1) is 0 Å². The molecule has 1 aliphatic rings. The van der Waals surface area contributed by atoms with E-state index < -0.39 is 0 Å². The van der Waals surface area contributed by atoms with Crippen LogP contribution in [0.25, 0.3) is 0 Å². The van der Waals surface area contributed by atoms with E-state index in [0.29, 0.717) is 36.4 Å². The third kappa shape index (κ3) is 5.41. The predicted octanol–water partition coefficient (Wildman–Crippen LogP) is 4.87. The van der Waals surface area contributed by atoms with Crippen LogP contribution in [-0.4, -0.2) is 16.0 Å². The van der Waals surface area contributed by atoms with Crippen LogP contribution in [0.15, 0.2) is 28.8 Å². The number of aromatic nitrogens is 2. The topological polar surface area (TPSA) is 68.0 Å². The van der Waals surface area contributed by atoms with Gasteiger partial charge in [0, 0.05) is 12.8 Å². The van der Waals surface area contributed by atoms with Gasteiger partial charge in [-0.2, -0.15) is 4.98 Å². The molecule has 0 spiro atoms. The molecule has 0 bridgehead atoms.